The lowest BCUT2D eigenvalue weighted by Gasteiger charge is -2.04. The molecule has 1 amide bonds. The quantitative estimate of drug-likeness (QED) is 0.646. The molecule has 0 aromatic carbocycles. The summed E-state index contributed by atoms with van der Waals surface area (Å²) in [5.41, 5.74) is 0.214. The minimum Gasteiger partial charge on any atom is -0.465 e. The highest BCUT2D eigenvalue weighted by atomic mass is 16.4. The highest BCUT2D eigenvalue weighted by Gasteiger charge is 2.38. The van der Waals surface area contributed by atoms with E-state index in [-0.39, 0.29) is 5.54 Å². The van der Waals surface area contributed by atoms with Crippen LogP contribution in [0.3, 0.4) is 0 Å². The van der Waals surface area contributed by atoms with E-state index in [0.717, 1.165) is 18.7 Å². The van der Waals surface area contributed by atoms with Crippen molar-refractivity contribution in [2.24, 2.45) is 0 Å². The normalized spacial score (nSPS) is 15.9. The predicted octanol–water partition coefficient (Wildman–Crippen LogP) is 3.57. The Morgan fingerprint density at radius 3 is 2.22 bits per heavy atom. The van der Waals surface area contributed by atoms with Gasteiger partial charge in [0.05, 0.1) is 6.20 Å². The molecule has 9 heteroatoms. The predicted molar refractivity (Wildman–Crippen MR) is 101 cm³/mol. The summed E-state index contributed by atoms with van der Waals surface area (Å²) in [4.78, 5) is 9.94. The number of hydrogen-bond acceptors (Lipinski definition) is 6. The van der Waals surface area contributed by atoms with E-state index in [1.54, 1.807) is 24.4 Å². The van der Waals surface area contributed by atoms with Crippen molar-refractivity contribution in [3.05, 3.63) is 30.1 Å². The van der Waals surface area contributed by atoms with Gasteiger partial charge in [-0.25, -0.2) is 4.79 Å². The molecule has 0 aliphatic heterocycles. The van der Waals surface area contributed by atoms with E-state index >= 15 is 0 Å². The maximum Gasteiger partial charge on any atom is 0.405 e. The summed E-state index contributed by atoms with van der Waals surface area (Å²) in [6.07, 6.45) is 10.2. The van der Waals surface area contributed by atoms with Crippen molar-refractivity contribution >= 4 is 17.7 Å². The Morgan fingerprint density at radius 2 is 1.85 bits per heavy atom. The third kappa shape index (κ3) is 8.18. The van der Waals surface area contributed by atoms with Crippen LogP contribution in [0.25, 0.3) is 0 Å². The summed E-state index contributed by atoms with van der Waals surface area (Å²) in [5.74, 6) is 1.29. The number of rotatable bonds is 3. The average molecular weight is 371 g/mol. The molecule has 144 valence electrons. The maximum atomic E-state index is 9.94. The minimum absolute atomic E-state index is 0.0775. The molecular weight excluding hydrogens is 346 g/mol. The summed E-state index contributed by atoms with van der Waals surface area (Å²) >= 11 is 0. The number of H-pyrrole nitrogens is 1. The number of aromatic amines is 1. The zero-order chi connectivity index (χ0) is 19.5. The van der Waals surface area contributed by atoms with Gasteiger partial charge < -0.3 is 15.7 Å². The summed E-state index contributed by atoms with van der Waals surface area (Å²) in [6, 6.07) is 6.92. The van der Waals surface area contributed by atoms with Crippen molar-refractivity contribution in [3.8, 4) is 6.07 Å². The number of hydrogen-bond donors (Lipinski definition) is 4. The van der Waals surface area contributed by atoms with Gasteiger partial charge in [0.25, 0.3) is 0 Å². The third-order valence-corrected chi connectivity index (χ3v) is 4.20. The number of carbonyl (C=O) groups is 1. The molecule has 2 heterocycles. The first kappa shape index (κ1) is 20.2. The second-order valence-electron chi connectivity index (χ2n) is 6.77. The molecule has 2 fully saturated rings. The van der Waals surface area contributed by atoms with Crippen molar-refractivity contribution in [2.75, 3.05) is 5.32 Å². The molecule has 0 unspecified atom stereocenters. The lowest BCUT2D eigenvalue weighted by atomic mass is 10.3. The van der Waals surface area contributed by atoms with Gasteiger partial charge in [0.15, 0.2) is 11.5 Å². The van der Waals surface area contributed by atoms with E-state index in [0.29, 0.717) is 11.5 Å². The molecule has 27 heavy (non-hydrogen) atoms. The monoisotopic (exact) mass is 371 g/mol. The molecule has 9 nitrogen and oxygen atoms in total. The average Bonchev–Trinajstić information content (AvgIpc) is 3.12. The molecule has 2 aliphatic carbocycles. The fraction of sp³-hybridized carbons (Fsp3) is 0.500. The molecule has 0 saturated heterocycles. The molecule has 2 aliphatic rings. The molecule has 0 spiro atoms. The molecule has 4 N–H and O–H groups in total. The first-order chi connectivity index (χ1) is 13.0. The van der Waals surface area contributed by atoms with Crippen LogP contribution < -0.4 is 10.6 Å². The second-order valence-corrected chi connectivity index (χ2v) is 6.77. The largest absolute Gasteiger partial charge is 0.465 e. The summed E-state index contributed by atoms with van der Waals surface area (Å²) in [7, 11) is 0. The fourth-order valence-electron chi connectivity index (χ4n) is 2.38. The van der Waals surface area contributed by atoms with Gasteiger partial charge in [0.1, 0.15) is 11.9 Å². The molecular formula is C18H25N7O2. The van der Waals surface area contributed by atoms with E-state index in [2.05, 4.69) is 31.0 Å². The standard InChI is InChI=1S/C8H6N6.C5H9NO2.C5H10/c9-5-6-1-2-7(14-12-6)11-8-3-4-10-13-8;1-5(2-3-5)6-4(7)8;1-2-4-5-3-1/h1-4H,(H2,10,11,13,14);6H,2-3H2,1H3,(H,7,8);1-5H2. The van der Waals surface area contributed by atoms with Gasteiger partial charge in [-0.1, -0.05) is 32.1 Å². The Hall–Kier alpha value is -3.15. The Morgan fingerprint density at radius 1 is 1.19 bits per heavy atom. The van der Waals surface area contributed by atoms with Crippen LogP contribution in [-0.2, 0) is 0 Å². The highest BCUT2D eigenvalue weighted by Crippen LogP contribution is 2.33. The summed E-state index contributed by atoms with van der Waals surface area (Å²) < 4.78 is 0. The zero-order valence-electron chi connectivity index (χ0n) is 15.4. The topological polar surface area (TPSA) is 140 Å². The lowest BCUT2D eigenvalue weighted by molar-refractivity contribution is 0.189. The van der Waals surface area contributed by atoms with E-state index in [1.165, 1.54) is 32.1 Å². The van der Waals surface area contributed by atoms with Gasteiger partial charge in [-0.3, -0.25) is 5.10 Å². The molecule has 0 bridgehead atoms. The van der Waals surface area contributed by atoms with Gasteiger partial charge in [0.2, 0.25) is 0 Å². The van der Waals surface area contributed by atoms with Crippen LogP contribution in [0.15, 0.2) is 24.4 Å². The van der Waals surface area contributed by atoms with Crippen molar-refractivity contribution in [1.29, 1.82) is 5.26 Å². The second kappa shape index (κ2) is 10.1. The Kier molecular flexibility index (Phi) is 7.55. The fourth-order valence-corrected chi connectivity index (χ4v) is 2.38. The van der Waals surface area contributed by atoms with Crippen LogP contribution in [0.4, 0.5) is 16.4 Å². The molecule has 4 rings (SSSR count). The number of nitriles is 1. The van der Waals surface area contributed by atoms with E-state index < -0.39 is 6.09 Å². The highest BCUT2D eigenvalue weighted by molar-refractivity contribution is 5.66. The van der Waals surface area contributed by atoms with E-state index in [4.69, 9.17) is 10.4 Å². The van der Waals surface area contributed by atoms with Crippen LogP contribution in [0.5, 0.6) is 0 Å². The number of anilines is 2. The van der Waals surface area contributed by atoms with Crippen molar-refractivity contribution in [2.45, 2.75) is 57.4 Å². The van der Waals surface area contributed by atoms with Crippen LogP contribution in [0.2, 0.25) is 0 Å². The van der Waals surface area contributed by atoms with Crippen LogP contribution in [0.1, 0.15) is 57.6 Å². The SMILES string of the molecule is C1CCCC1.CC1(NC(=O)O)CC1.N#Cc1ccc(Nc2ccn[nH]2)nn1. The van der Waals surface area contributed by atoms with E-state index in [9.17, 15) is 4.79 Å². The molecule has 2 aromatic heterocycles. The molecule has 0 atom stereocenters. The van der Waals surface area contributed by atoms with Crippen LogP contribution >= 0.6 is 0 Å². The number of aromatic nitrogens is 4. The van der Waals surface area contributed by atoms with Gasteiger partial charge in [-0.15, -0.1) is 10.2 Å². The minimum atomic E-state index is -0.912. The zero-order valence-corrected chi connectivity index (χ0v) is 15.4. The smallest absolute Gasteiger partial charge is 0.405 e. The molecule has 2 saturated carbocycles. The van der Waals surface area contributed by atoms with Crippen molar-refractivity contribution in [1.82, 2.24) is 25.7 Å². The maximum absolute atomic E-state index is 9.94. The van der Waals surface area contributed by atoms with Gasteiger partial charge in [0, 0.05) is 11.6 Å². The Balaban J connectivity index is 0.000000168. The van der Waals surface area contributed by atoms with Crippen molar-refractivity contribution < 1.29 is 9.90 Å². The lowest BCUT2D eigenvalue weighted by Crippen LogP contribution is -2.32. The van der Waals surface area contributed by atoms with Crippen LogP contribution in [0, 0.1) is 11.3 Å². The van der Waals surface area contributed by atoms with Gasteiger partial charge >= 0.3 is 6.09 Å². The number of carboxylic acid groups (broad SMARTS) is 1. The summed E-state index contributed by atoms with van der Waals surface area (Å²) in [5, 5.41) is 36.0. The number of nitrogens with one attached hydrogen (secondary N) is 3. The Labute approximate surface area is 158 Å². The van der Waals surface area contributed by atoms with Gasteiger partial charge in [-0.05, 0) is 31.9 Å². The first-order valence-electron chi connectivity index (χ1n) is 9.02. The molecule has 2 aromatic rings. The summed E-state index contributed by atoms with van der Waals surface area (Å²) in [6.45, 7) is 1.90. The number of amides is 1. The van der Waals surface area contributed by atoms with E-state index in [1.807, 2.05) is 13.0 Å². The van der Waals surface area contributed by atoms with Crippen molar-refractivity contribution in [3.63, 3.8) is 0 Å². The molecule has 0 radical (unpaired) electrons. The first-order valence-corrected chi connectivity index (χ1v) is 9.02. The van der Waals surface area contributed by atoms with Crippen LogP contribution in [-0.4, -0.2) is 37.1 Å². The Bertz CT molecular complexity index is 722. The third-order valence-electron chi connectivity index (χ3n) is 4.20. The van der Waals surface area contributed by atoms with Gasteiger partial charge in [-0.2, -0.15) is 10.4 Å². The number of nitrogens with zero attached hydrogens (tertiary/aromatic N) is 4.